The molecular weight excluding hydrogens is 429 g/mol. The first-order valence-electron chi connectivity index (χ1n) is 9.95. The Balaban J connectivity index is 0.00000225. The first-order valence-corrected chi connectivity index (χ1v) is 9.95. The predicted octanol–water partition coefficient (Wildman–Crippen LogP) is 3.32. The Morgan fingerprint density at radius 2 is 1.92 bits per heavy atom. The van der Waals surface area contributed by atoms with Gasteiger partial charge in [-0.1, -0.05) is 19.3 Å². The van der Waals surface area contributed by atoms with Gasteiger partial charge in [0.05, 0.1) is 6.10 Å². The molecule has 1 saturated heterocycles. The number of guanidine groups is 1. The molecule has 1 spiro atoms. The van der Waals surface area contributed by atoms with Gasteiger partial charge in [0, 0.05) is 44.9 Å². The van der Waals surface area contributed by atoms with Gasteiger partial charge in [0.15, 0.2) is 5.96 Å². The highest BCUT2D eigenvalue weighted by Crippen LogP contribution is 2.53. The summed E-state index contributed by atoms with van der Waals surface area (Å²) in [4.78, 5) is 4.47. The van der Waals surface area contributed by atoms with Crippen LogP contribution in [0.1, 0.15) is 58.3 Å². The van der Waals surface area contributed by atoms with Crippen molar-refractivity contribution in [3.63, 3.8) is 0 Å². The summed E-state index contributed by atoms with van der Waals surface area (Å²) in [5, 5.41) is 7.27. The summed E-state index contributed by atoms with van der Waals surface area (Å²) < 4.78 is 11.5. The average molecular weight is 465 g/mol. The predicted molar refractivity (Wildman–Crippen MR) is 113 cm³/mol. The van der Waals surface area contributed by atoms with Gasteiger partial charge < -0.3 is 20.1 Å². The van der Waals surface area contributed by atoms with E-state index in [0.717, 1.165) is 51.6 Å². The average Bonchev–Trinajstić information content (AvgIpc) is 2.65. The minimum Gasteiger partial charge on any atom is -0.381 e. The van der Waals surface area contributed by atoms with Gasteiger partial charge in [-0.3, -0.25) is 4.99 Å². The molecule has 1 heterocycles. The normalized spacial score (nSPS) is 29.6. The van der Waals surface area contributed by atoms with Crippen LogP contribution in [0.5, 0.6) is 0 Å². The maximum Gasteiger partial charge on any atom is 0.191 e. The lowest BCUT2D eigenvalue weighted by Gasteiger charge is -2.58. The van der Waals surface area contributed by atoms with Crippen molar-refractivity contribution in [1.29, 1.82) is 0 Å². The maximum absolute atomic E-state index is 6.06. The lowest BCUT2D eigenvalue weighted by Crippen LogP contribution is -2.66. The highest BCUT2D eigenvalue weighted by molar-refractivity contribution is 14.0. The minimum atomic E-state index is 0. The Bertz CT molecular complexity index is 421. The number of rotatable bonds is 5. The topological polar surface area (TPSA) is 54.9 Å². The van der Waals surface area contributed by atoms with E-state index in [9.17, 15) is 0 Å². The molecular formula is C19H36IN3O2. The zero-order chi connectivity index (χ0) is 16.8. The van der Waals surface area contributed by atoms with Gasteiger partial charge in [-0.2, -0.15) is 0 Å². The molecule has 3 rings (SSSR count). The molecule has 2 atom stereocenters. The first kappa shape index (κ1) is 21.2. The zero-order valence-corrected chi connectivity index (χ0v) is 18.2. The van der Waals surface area contributed by atoms with Crippen molar-refractivity contribution in [2.45, 2.75) is 70.4 Å². The van der Waals surface area contributed by atoms with Crippen LogP contribution >= 0.6 is 24.0 Å². The van der Waals surface area contributed by atoms with E-state index < -0.39 is 0 Å². The third-order valence-corrected chi connectivity index (χ3v) is 6.37. The van der Waals surface area contributed by atoms with Crippen molar-refractivity contribution >= 4 is 29.9 Å². The molecule has 3 aliphatic rings. The Hall–Kier alpha value is -0.0800. The largest absolute Gasteiger partial charge is 0.381 e. The highest BCUT2D eigenvalue weighted by Gasteiger charge is 2.55. The van der Waals surface area contributed by atoms with E-state index in [0.29, 0.717) is 23.5 Å². The van der Waals surface area contributed by atoms with Crippen molar-refractivity contribution in [2.24, 2.45) is 16.3 Å². The summed E-state index contributed by atoms with van der Waals surface area (Å²) in [7, 11) is 1.88. The van der Waals surface area contributed by atoms with E-state index in [1.54, 1.807) is 0 Å². The first-order chi connectivity index (χ1) is 11.8. The van der Waals surface area contributed by atoms with E-state index in [-0.39, 0.29) is 24.0 Å². The molecule has 2 N–H and O–H groups in total. The van der Waals surface area contributed by atoms with Gasteiger partial charge in [-0.15, -0.1) is 24.0 Å². The molecule has 25 heavy (non-hydrogen) atoms. The summed E-state index contributed by atoms with van der Waals surface area (Å²) in [6, 6.07) is 0.509. The fourth-order valence-corrected chi connectivity index (χ4v) is 4.82. The zero-order valence-electron chi connectivity index (χ0n) is 15.9. The number of ether oxygens (including phenoxy) is 2. The van der Waals surface area contributed by atoms with Gasteiger partial charge in [-0.25, -0.2) is 0 Å². The Morgan fingerprint density at radius 3 is 2.56 bits per heavy atom. The molecule has 2 aliphatic carbocycles. The van der Waals surface area contributed by atoms with Crippen LogP contribution in [0.3, 0.4) is 0 Å². The summed E-state index contributed by atoms with van der Waals surface area (Å²) in [6.07, 6.45) is 10.5. The molecule has 0 bridgehead atoms. The van der Waals surface area contributed by atoms with Crippen LogP contribution in [-0.2, 0) is 9.47 Å². The fraction of sp³-hybridized carbons (Fsp3) is 0.947. The van der Waals surface area contributed by atoms with Crippen molar-refractivity contribution in [2.75, 3.05) is 33.4 Å². The Labute approximate surface area is 170 Å². The number of aliphatic imine (C=N–C) groups is 1. The molecule has 2 saturated carbocycles. The van der Waals surface area contributed by atoms with Crippen molar-refractivity contribution in [1.82, 2.24) is 10.6 Å². The third-order valence-electron chi connectivity index (χ3n) is 6.37. The molecule has 1 aliphatic heterocycles. The molecule has 0 aromatic heterocycles. The smallest absolute Gasteiger partial charge is 0.191 e. The maximum atomic E-state index is 6.06. The van der Waals surface area contributed by atoms with Crippen molar-refractivity contribution in [3.05, 3.63) is 0 Å². The lowest BCUT2D eigenvalue weighted by molar-refractivity contribution is -0.145. The van der Waals surface area contributed by atoms with Gasteiger partial charge in [0.1, 0.15) is 0 Å². The SMILES string of the molecule is CCOC1CC(NC(=NC)NCC2CCOCC2)C12CCCCC2.I. The molecule has 0 aromatic rings. The number of nitrogens with one attached hydrogen (secondary N) is 2. The monoisotopic (exact) mass is 465 g/mol. The fourth-order valence-electron chi connectivity index (χ4n) is 4.82. The van der Waals surface area contributed by atoms with E-state index in [1.807, 2.05) is 7.05 Å². The van der Waals surface area contributed by atoms with Gasteiger partial charge in [0.2, 0.25) is 0 Å². The van der Waals surface area contributed by atoms with Crippen LogP contribution in [-0.4, -0.2) is 51.5 Å². The van der Waals surface area contributed by atoms with E-state index in [1.165, 1.54) is 32.1 Å². The van der Waals surface area contributed by atoms with Crippen molar-refractivity contribution < 1.29 is 9.47 Å². The number of hydrogen-bond acceptors (Lipinski definition) is 3. The highest BCUT2D eigenvalue weighted by atomic mass is 127. The standard InChI is InChI=1S/C19H35N3O2.HI/c1-3-24-17-13-16(19(17)9-5-4-6-10-19)22-18(20-2)21-14-15-7-11-23-12-8-15;/h15-17H,3-14H2,1-2H3,(H2,20,21,22);1H. The van der Waals surface area contributed by atoms with Crippen LogP contribution in [0.4, 0.5) is 0 Å². The summed E-state index contributed by atoms with van der Waals surface area (Å²) in [5.74, 6) is 1.67. The van der Waals surface area contributed by atoms with Crippen LogP contribution in [0.25, 0.3) is 0 Å². The molecule has 6 heteroatoms. The van der Waals surface area contributed by atoms with Gasteiger partial charge in [-0.05, 0) is 44.9 Å². The minimum absolute atomic E-state index is 0. The molecule has 0 aromatic carbocycles. The second kappa shape index (κ2) is 10.3. The molecule has 2 unspecified atom stereocenters. The van der Waals surface area contributed by atoms with Crippen LogP contribution in [0, 0.1) is 11.3 Å². The molecule has 5 nitrogen and oxygen atoms in total. The summed E-state index contributed by atoms with van der Waals surface area (Å²) in [6.45, 7) is 5.75. The Kier molecular flexibility index (Phi) is 8.75. The van der Waals surface area contributed by atoms with Gasteiger partial charge in [0.25, 0.3) is 0 Å². The van der Waals surface area contributed by atoms with Crippen LogP contribution < -0.4 is 10.6 Å². The van der Waals surface area contributed by atoms with Crippen LogP contribution in [0.15, 0.2) is 4.99 Å². The van der Waals surface area contributed by atoms with Crippen molar-refractivity contribution in [3.8, 4) is 0 Å². The van der Waals surface area contributed by atoms with E-state index >= 15 is 0 Å². The molecule has 0 radical (unpaired) electrons. The Morgan fingerprint density at radius 1 is 1.20 bits per heavy atom. The summed E-state index contributed by atoms with van der Waals surface area (Å²) in [5.41, 5.74) is 0.338. The summed E-state index contributed by atoms with van der Waals surface area (Å²) >= 11 is 0. The number of nitrogens with zero attached hydrogens (tertiary/aromatic N) is 1. The van der Waals surface area contributed by atoms with E-state index in [4.69, 9.17) is 9.47 Å². The molecule has 3 fully saturated rings. The molecule has 0 amide bonds. The van der Waals surface area contributed by atoms with E-state index in [2.05, 4.69) is 22.5 Å². The second-order valence-corrected chi connectivity index (χ2v) is 7.68. The van der Waals surface area contributed by atoms with Crippen LogP contribution in [0.2, 0.25) is 0 Å². The lowest BCUT2D eigenvalue weighted by atomic mass is 9.55. The quantitative estimate of drug-likeness (QED) is 0.372. The third kappa shape index (κ3) is 5.01. The number of halogens is 1. The molecule has 146 valence electrons. The second-order valence-electron chi connectivity index (χ2n) is 7.68. The number of hydrogen-bond donors (Lipinski definition) is 2. The van der Waals surface area contributed by atoms with Gasteiger partial charge >= 0.3 is 0 Å².